The van der Waals surface area contributed by atoms with Crippen LogP contribution in [0.3, 0.4) is 0 Å². The van der Waals surface area contributed by atoms with E-state index in [1.807, 2.05) is 4.90 Å². The zero-order valence-electron chi connectivity index (χ0n) is 11.7. The van der Waals surface area contributed by atoms with Gasteiger partial charge in [-0.1, -0.05) is 13.3 Å². The van der Waals surface area contributed by atoms with Crippen LogP contribution in [-0.4, -0.2) is 55.0 Å². The Kier molecular flexibility index (Phi) is 8.01. The SMILES string of the molecule is CCCCC(=O)N1CCN(CCCCC[O])CC1. The molecule has 0 spiro atoms. The summed E-state index contributed by atoms with van der Waals surface area (Å²) < 4.78 is 0. The number of hydrogen-bond acceptors (Lipinski definition) is 2. The molecule has 1 aliphatic heterocycles. The smallest absolute Gasteiger partial charge is 0.222 e. The lowest BCUT2D eigenvalue weighted by Crippen LogP contribution is -2.48. The first-order valence-corrected chi connectivity index (χ1v) is 7.36. The quantitative estimate of drug-likeness (QED) is 0.622. The maximum atomic E-state index is 11.8. The average molecular weight is 255 g/mol. The summed E-state index contributed by atoms with van der Waals surface area (Å²) >= 11 is 0. The van der Waals surface area contributed by atoms with E-state index in [-0.39, 0.29) is 6.61 Å². The molecular formula is C14H27N2O2. The predicted molar refractivity (Wildman–Crippen MR) is 71.9 cm³/mol. The number of carbonyl (C=O) groups is 1. The van der Waals surface area contributed by atoms with Crippen molar-refractivity contribution in [3.8, 4) is 0 Å². The Morgan fingerprint density at radius 3 is 2.33 bits per heavy atom. The molecule has 0 atom stereocenters. The van der Waals surface area contributed by atoms with E-state index < -0.39 is 0 Å². The van der Waals surface area contributed by atoms with Gasteiger partial charge in [-0.3, -0.25) is 9.69 Å². The minimum absolute atomic E-state index is 0.0553. The normalized spacial score (nSPS) is 17.1. The highest BCUT2D eigenvalue weighted by molar-refractivity contribution is 5.76. The van der Waals surface area contributed by atoms with Gasteiger partial charge in [-0.15, -0.1) is 0 Å². The van der Waals surface area contributed by atoms with E-state index in [1.54, 1.807) is 0 Å². The van der Waals surface area contributed by atoms with Crippen LogP contribution >= 0.6 is 0 Å². The van der Waals surface area contributed by atoms with Crippen LogP contribution < -0.4 is 0 Å². The van der Waals surface area contributed by atoms with Crippen LogP contribution in [0.2, 0.25) is 0 Å². The van der Waals surface area contributed by atoms with Gasteiger partial charge in [0.1, 0.15) is 0 Å². The van der Waals surface area contributed by atoms with Gasteiger partial charge in [0.05, 0.1) is 6.61 Å². The van der Waals surface area contributed by atoms with Gasteiger partial charge in [-0.2, -0.15) is 0 Å². The first-order chi connectivity index (χ1) is 8.77. The highest BCUT2D eigenvalue weighted by Crippen LogP contribution is 2.07. The summed E-state index contributed by atoms with van der Waals surface area (Å²) in [6.07, 6.45) is 5.76. The molecule has 1 aliphatic rings. The van der Waals surface area contributed by atoms with Gasteiger partial charge >= 0.3 is 0 Å². The van der Waals surface area contributed by atoms with Gasteiger partial charge in [-0.05, 0) is 32.2 Å². The fourth-order valence-corrected chi connectivity index (χ4v) is 2.32. The van der Waals surface area contributed by atoms with Crippen LogP contribution in [0, 0.1) is 0 Å². The number of nitrogens with zero attached hydrogens (tertiary/aromatic N) is 2. The Bertz CT molecular complexity index is 226. The van der Waals surface area contributed by atoms with Gasteiger partial charge in [0.25, 0.3) is 0 Å². The second kappa shape index (κ2) is 9.34. The van der Waals surface area contributed by atoms with Crippen LogP contribution in [0.1, 0.15) is 45.4 Å². The minimum atomic E-state index is 0.0553. The second-order valence-corrected chi connectivity index (χ2v) is 5.09. The summed E-state index contributed by atoms with van der Waals surface area (Å²) in [7, 11) is 0. The highest BCUT2D eigenvalue weighted by atomic mass is 16.2. The molecule has 0 bridgehead atoms. The largest absolute Gasteiger partial charge is 0.340 e. The minimum Gasteiger partial charge on any atom is -0.340 e. The Hall–Kier alpha value is -0.610. The van der Waals surface area contributed by atoms with E-state index in [9.17, 15) is 9.90 Å². The standard InChI is InChI=1S/C14H27N2O2/c1-2-3-7-14(18)16-11-9-15(10-12-16)8-5-4-6-13-17/h2-13H2,1H3. The van der Waals surface area contributed by atoms with Crippen LogP contribution in [-0.2, 0) is 9.90 Å². The Morgan fingerprint density at radius 1 is 1.00 bits per heavy atom. The monoisotopic (exact) mass is 255 g/mol. The fraction of sp³-hybridized carbons (Fsp3) is 0.929. The number of piperazine rings is 1. The van der Waals surface area contributed by atoms with E-state index in [2.05, 4.69) is 11.8 Å². The third kappa shape index (κ3) is 5.83. The number of carbonyl (C=O) groups excluding carboxylic acids is 1. The molecule has 4 heteroatoms. The van der Waals surface area contributed by atoms with E-state index >= 15 is 0 Å². The summed E-state index contributed by atoms with van der Waals surface area (Å²) in [6, 6.07) is 0. The van der Waals surface area contributed by atoms with E-state index in [1.165, 1.54) is 0 Å². The molecular weight excluding hydrogens is 228 g/mol. The van der Waals surface area contributed by atoms with Crippen LogP contribution in [0.5, 0.6) is 0 Å². The zero-order valence-corrected chi connectivity index (χ0v) is 11.7. The third-order valence-electron chi connectivity index (χ3n) is 3.59. The number of hydrogen-bond donors (Lipinski definition) is 0. The number of amides is 1. The maximum absolute atomic E-state index is 11.8. The van der Waals surface area contributed by atoms with Gasteiger partial charge in [0, 0.05) is 32.6 Å². The Morgan fingerprint density at radius 2 is 1.72 bits per heavy atom. The first kappa shape index (κ1) is 15.4. The van der Waals surface area contributed by atoms with Crippen molar-refractivity contribution < 1.29 is 9.90 Å². The predicted octanol–water partition coefficient (Wildman–Crippen LogP) is 1.92. The number of unbranched alkanes of at least 4 members (excludes halogenated alkanes) is 3. The highest BCUT2D eigenvalue weighted by Gasteiger charge is 2.19. The molecule has 0 aromatic carbocycles. The first-order valence-electron chi connectivity index (χ1n) is 7.36. The second-order valence-electron chi connectivity index (χ2n) is 5.09. The van der Waals surface area contributed by atoms with Crippen molar-refractivity contribution in [1.29, 1.82) is 0 Å². The molecule has 1 rings (SSSR count). The Labute approximate surface area is 111 Å². The molecule has 0 aliphatic carbocycles. The van der Waals surface area contributed by atoms with Crippen molar-refractivity contribution in [2.75, 3.05) is 39.3 Å². The van der Waals surface area contributed by atoms with Crippen molar-refractivity contribution in [3.63, 3.8) is 0 Å². The molecule has 1 radical (unpaired) electrons. The van der Waals surface area contributed by atoms with Crippen molar-refractivity contribution in [2.24, 2.45) is 0 Å². The van der Waals surface area contributed by atoms with Crippen molar-refractivity contribution in [3.05, 3.63) is 0 Å². The summed E-state index contributed by atoms with van der Waals surface area (Å²) in [6.45, 7) is 7.00. The van der Waals surface area contributed by atoms with Gasteiger partial charge in [-0.25, -0.2) is 5.11 Å². The molecule has 105 valence electrons. The van der Waals surface area contributed by atoms with E-state index in [4.69, 9.17) is 0 Å². The summed E-state index contributed by atoms with van der Waals surface area (Å²) in [5.74, 6) is 0.322. The van der Waals surface area contributed by atoms with Crippen molar-refractivity contribution >= 4 is 5.91 Å². The molecule has 1 heterocycles. The van der Waals surface area contributed by atoms with Gasteiger partial charge < -0.3 is 4.90 Å². The van der Waals surface area contributed by atoms with Crippen LogP contribution in [0.15, 0.2) is 0 Å². The molecule has 18 heavy (non-hydrogen) atoms. The fourth-order valence-electron chi connectivity index (χ4n) is 2.32. The summed E-state index contributed by atoms with van der Waals surface area (Å²) in [5, 5.41) is 10.3. The van der Waals surface area contributed by atoms with Crippen LogP contribution in [0.4, 0.5) is 0 Å². The Balaban J connectivity index is 2.10. The van der Waals surface area contributed by atoms with Gasteiger partial charge in [0.15, 0.2) is 0 Å². The molecule has 4 nitrogen and oxygen atoms in total. The van der Waals surface area contributed by atoms with Crippen molar-refractivity contribution in [2.45, 2.75) is 45.4 Å². The van der Waals surface area contributed by atoms with E-state index in [0.717, 1.165) is 64.8 Å². The molecule has 1 fully saturated rings. The maximum Gasteiger partial charge on any atom is 0.222 e. The zero-order chi connectivity index (χ0) is 13.2. The molecule has 1 saturated heterocycles. The lowest BCUT2D eigenvalue weighted by atomic mass is 10.2. The topological polar surface area (TPSA) is 43.5 Å². The average Bonchev–Trinajstić information content (AvgIpc) is 2.41. The molecule has 0 aromatic heterocycles. The summed E-state index contributed by atoms with van der Waals surface area (Å²) in [4.78, 5) is 16.3. The lowest BCUT2D eigenvalue weighted by molar-refractivity contribution is -0.133. The summed E-state index contributed by atoms with van der Waals surface area (Å²) in [5.41, 5.74) is 0. The molecule has 1 amide bonds. The molecule has 0 aromatic rings. The van der Waals surface area contributed by atoms with Gasteiger partial charge in [0.2, 0.25) is 5.91 Å². The molecule has 0 saturated carbocycles. The van der Waals surface area contributed by atoms with E-state index in [0.29, 0.717) is 12.3 Å². The third-order valence-corrected chi connectivity index (χ3v) is 3.59. The van der Waals surface area contributed by atoms with Crippen molar-refractivity contribution in [1.82, 2.24) is 9.80 Å². The molecule has 0 unspecified atom stereocenters. The van der Waals surface area contributed by atoms with Crippen LogP contribution in [0.25, 0.3) is 0 Å². The molecule has 0 N–H and O–H groups in total. The number of rotatable bonds is 8. The lowest BCUT2D eigenvalue weighted by Gasteiger charge is -2.34.